The van der Waals surface area contributed by atoms with E-state index in [-0.39, 0.29) is 35.5 Å². The Balaban J connectivity index is 3.32. The third-order valence-corrected chi connectivity index (χ3v) is 6.70. The molecule has 0 aliphatic carbocycles. The molecule has 0 aromatic heterocycles. The quantitative estimate of drug-likeness (QED) is 0.539. The van der Waals surface area contributed by atoms with Crippen molar-refractivity contribution < 1.29 is 39.6 Å². The molecule has 1 aromatic rings. The number of rotatable bonds is 7. The van der Waals surface area contributed by atoms with E-state index in [9.17, 15) is 39.6 Å². The highest BCUT2D eigenvalue weighted by Crippen LogP contribution is 2.37. The maximum Gasteiger partial charge on any atom is 0.416 e. The molecular formula is C13H14F6N2O3S2. The summed E-state index contributed by atoms with van der Waals surface area (Å²) in [5.41, 5.74) is 1.27. The molecule has 0 atom stereocenters. The van der Waals surface area contributed by atoms with Gasteiger partial charge in [-0.1, -0.05) is 6.92 Å². The highest BCUT2D eigenvalue weighted by Gasteiger charge is 2.38. The van der Waals surface area contributed by atoms with Crippen molar-refractivity contribution in [2.45, 2.75) is 25.8 Å². The molecule has 5 nitrogen and oxygen atoms in total. The first-order valence-corrected chi connectivity index (χ1v) is 9.83. The van der Waals surface area contributed by atoms with E-state index in [1.54, 1.807) is 0 Å². The van der Waals surface area contributed by atoms with Gasteiger partial charge in [-0.2, -0.15) is 30.6 Å². The lowest BCUT2D eigenvalue weighted by Gasteiger charge is -2.22. The Morgan fingerprint density at radius 1 is 1.15 bits per heavy atom. The number of hydrogen-bond acceptors (Lipinski definition) is 4. The van der Waals surface area contributed by atoms with Gasteiger partial charge in [0, 0.05) is 13.1 Å². The average Bonchev–Trinajstić information content (AvgIpc) is 2.48. The van der Waals surface area contributed by atoms with Gasteiger partial charge >= 0.3 is 12.4 Å². The van der Waals surface area contributed by atoms with Crippen LogP contribution in [0.2, 0.25) is 0 Å². The van der Waals surface area contributed by atoms with Gasteiger partial charge in [-0.05, 0) is 34.6 Å². The molecule has 13 heteroatoms. The lowest BCUT2D eigenvalue weighted by atomic mass is 10.0. The fourth-order valence-corrected chi connectivity index (χ4v) is 4.67. The van der Waals surface area contributed by atoms with Gasteiger partial charge in [0.25, 0.3) is 9.06 Å². The highest BCUT2D eigenvalue weighted by atomic mass is 33.1. The minimum atomic E-state index is -4.97. The Bertz CT molecular complexity index is 762. The van der Waals surface area contributed by atoms with Crippen molar-refractivity contribution in [2.75, 3.05) is 12.3 Å². The summed E-state index contributed by atoms with van der Waals surface area (Å²) in [6.45, 7) is 0.0360. The molecule has 2 N–H and O–H groups in total. The summed E-state index contributed by atoms with van der Waals surface area (Å²) in [4.78, 5) is 10.7. The van der Waals surface area contributed by atoms with Crippen molar-refractivity contribution in [1.29, 1.82) is 0 Å². The number of carbonyl (C=O) groups excluding carboxylic acids is 1. The molecule has 0 heterocycles. The molecule has 0 aliphatic rings. The van der Waals surface area contributed by atoms with Crippen LogP contribution in [0.3, 0.4) is 0 Å². The van der Waals surface area contributed by atoms with Gasteiger partial charge in [-0.25, -0.2) is 8.42 Å². The molecule has 1 amide bonds. The molecule has 0 radical (unpaired) electrons. The van der Waals surface area contributed by atoms with Gasteiger partial charge in [0.2, 0.25) is 5.91 Å². The molecule has 0 unspecified atom stereocenters. The summed E-state index contributed by atoms with van der Waals surface area (Å²) in [7, 11) is -4.19. The van der Waals surface area contributed by atoms with E-state index >= 15 is 0 Å². The number of benzene rings is 1. The molecule has 0 bridgehead atoms. The molecule has 0 fully saturated rings. The third-order valence-electron chi connectivity index (χ3n) is 3.10. The molecule has 26 heavy (non-hydrogen) atoms. The first kappa shape index (κ1) is 22.6. The van der Waals surface area contributed by atoms with Crippen molar-refractivity contribution in [2.24, 2.45) is 5.73 Å². The minimum Gasteiger partial charge on any atom is -0.369 e. The Morgan fingerprint density at radius 2 is 1.73 bits per heavy atom. The smallest absolute Gasteiger partial charge is 0.369 e. The zero-order valence-electron chi connectivity index (χ0n) is 13.2. The van der Waals surface area contributed by atoms with E-state index < -0.39 is 56.3 Å². The van der Waals surface area contributed by atoms with Crippen LogP contribution in [0.25, 0.3) is 0 Å². The van der Waals surface area contributed by atoms with Crippen LogP contribution < -0.4 is 5.73 Å². The van der Waals surface area contributed by atoms with Gasteiger partial charge < -0.3 is 5.73 Å². The van der Waals surface area contributed by atoms with Gasteiger partial charge in [-0.3, -0.25) is 4.79 Å². The molecule has 1 rings (SSSR count). The van der Waals surface area contributed by atoms with Crippen molar-refractivity contribution in [1.82, 2.24) is 4.31 Å². The van der Waals surface area contributed by atoms with E-state index in [4.69, 9.17) is 5.73 Å². The first-order chi connectivity index (χ1) is 11.7. The second kappa shape index (κ2) is 8.05. The lowest BCUT2D eigenvalue weighted by Crippen LogP contribution is -2.30. The maximum absolute atomic E-state index is 13.1. The standard InChI is InChI=1S/C13H14F6N2O3S2/c1-2-21(26(23,24)25-7-11(20)22)6-8-5-9(12(14,15)16)3-4-10(8)13(17,18)19/h3-5H,2,6-7H2,1H3,(H2,20,22). The summed E-state index contributed by atoms with van der Waals surface area (Å²) in [6, 6.07) is 0.799. The van der Waals surface area contributed by atoms with Crippen LogP contribution in [0, 0.1) is 0 Å². The number of hydrogen-bond donors (Lipinski definition) is 1. The number of halogens is 6. The number of nitrogens with two attached hydrogens (primary N) is 1. The molecule has 0 aliphatic heterocycles. The van der Waals surface area contributed by atoms with Crippen LogP contribution in [0.1, 0.15) is 23.6 Å². The molecular weight excluding hydrogens is 410 g/mol. The summed E-state index contributed by atoms with van der Waals surface area (Å²) >= 11 is 0. The summed E-state index contributed by atoms with van der Waals surface area (Å²) in [5.74, 6) is -1.61. The lowest BCUT2D eigenvalue weighted by molar-refractivity contribution is -0.142. The number of alkyl halides is 6. The summed E-state index contributed by atoms with van der Waals surface area (Å²) < 4.78 is 102. The zero-order chi connectivity index (χ0) is 20.3. The maximum atomic E-state index is 13.1. The number of nitrogens with zero attached hydrogens (tertiary/aromatic N) is 1. The molecule has 0 saturated heterocycles. The molecule has 148 valence electrons. The minimum absolute atomic E-state index is 0.0820. The van der Waals surface area contributed by atoms with Crippen molar-refractivity contribution >= 4 is 25.8 Å². The van der Waals surface area contributed by atoms with Crippen LogP contribution in [0.5, 0.6) is 0 Å². The van der Waals surface area contributed by atoms with E-state index in [1.165, 1.54) is 6.92 Å². The molecule has 0 saturated carbocycles. The predicted molar refractivity (Wildman–Crippen MR) is 83.1 cm³/mol. The Hall–Kier alpha value is -1.47. The number of amides is 1. The topological polar surface area (TPSA) is 80.5 Å². The normalized spacial score (nSPS) is 13.2. The van der Waals surface area contributed by atoms with Crippen LogP contribution in [0.4, 0.5) is 26.3 Å². The summed E-state index contributed by atoms with van der Waals surface area (Å²) in [6.07, 6.45) is -9.86. The zero-order valence-corrected chi connectivity index (χ0v) is 14.8. The van der Waals surface area contributed by atoms with Gasteiger partial charge in [-0.15, -0.1) is 0 Å². The Labute approximate surface area is 149 Å². The van der Waals surface area contributed by atoms with Gasteiger partial charge in [0.15, 0.2) is 0 Å². The van der Waals surface area contributed by atoms with Crippen LogP contribution in [-0.4, -0.2) is 30.9 Å². The Morgan fingerprint density at radius 3 is 2.15 bits per heavy atom. The fraction of sp³-hybridized carbons (Fsp3) is 0.462. The largest absolute Gasteiger partial charge is 0.416 e. The van der Waals surface area contributed by atoms with E-state index in [2.05, 4.69) is 0 Å². The van der Waals surface area contributed by atoms with Crippen LogP contribution in [-0.2, 0) is 32.7 Å². The van der Waals surface area contributed by atoms with Crippen molar-refractivity contribution in [3.63, 3.8) is 0 Å². The Kier molecular flexibility index (Phi) is 6.98. The monoisotopic (exact) mass is 424 g/mol. The number of primary amides is 1. The van der Waals surface area contributed by atoms with E-state index in [1.807, 2.05) is 0 Å². The molecule has 1 aromatic carbocycles. The molecule has 0 spiro atoms. The fourth-order valence-electron chi connectivity index (χ4n) is 1.92. The predicted octanol–water partition coefficient (Wildman–Crippen LogP) is 3.01. The third kappa shape index (κ3) is 6.06. The first-order valence-electron chi connectivity index (χ1n) is 6.88. The summed E-state index contributed by atoms with van der Waals surface area (Å²) in [5, 5.41) is 0. The van der Waals surface area contributed by atoms with Gasteiger partial charge in [0.1, 0.15) is 0 Å². The second-order valence-corrected chi connectivity index (χ2v) is 8.85. The number of carbonyl (C=O) groups is 1. The SMILES string of the molecule is CCN(Cc1cc(C(F)(F)F)ccc1C(F)(F)F)S(=O)(=O)SCC(N)=O. The van der Waals surface area contributed by atoms with Crippen LogP contribution in [0.15, 0.2) is 18.2 Å². The average molecular weight is 424 g/mol. The highest BCUT2D eigenvalue weighted by molar-refractivity contribution is 8.71. The van der Waals surface area contributed by atoms with Crippen molar-refractivity contribution in [3.8, 4) is 0 Å². The van der Waals surface area contributed by atoms with Crippen LogP contribution >= 0.6 is 10.8 Å². The van der Waals surface area contributed by atoms with E-state index in [0.717, 1.165) is 0 Å². The second-order valence-electron chi connectivity index (χ2n) is 4.98. The van der Waals surface area contributed by atoms with Gasteiger partial charge in [0.05, 0.1) is 16.9 Å². The van der Waals surface area contributed by atoms with E-state index in [0.29, 0.717) is 4.31 Å². The van der Waals surface area contributed by atoms with Crippen molar-refractivity contribution in [3.05, 3.63) is 34.9 Å².